The number of hydrogen-bond acceptors (Lipinski definition) is 6. The molecule has 11 heteroatoms. The Morgan fingerprint density at radius 1 is 1.14 bits per heavy atom. The number of anilines is 2. The summed E-state index contributed by atoms with van der Waals surface area (Å²) < 4.78 is 2.11. The highest BCUT2D eigenvalue weighted by atomic mass is 79.9. The topological polar surface area (TPSA) is 102 Å². The summed E-state index contributed by atoms with van der Waals surface area (Å²) in [5.74, 6) is 0.582. The highest BCUT2D eigenvalue weighted by molar-refractivity contribution is 9.10. The lowest BCUT2D eigenvalue weighted by atomic mass is 10.2. The van der Waals surface area contributed by atoms with Gasteiger partial charge in [0.05, 0.1) is 41.6 Å². The van der Waals surface area contributed by atoms with Crippen molar-refractivity contribution in [3.63, 3.8) is 0 Å². The Balaban J connectivity index is 1.30. The average Bonchev–Trinajstić information content (AvgIpc) is 3.25. The summed E-state index contributed by atoms with van der Waals surface area (Å²) in [5.41, 5.74) is 1.96. The second-order valence-electron chi connectivity index (χ2n) is 8.97. The number of nitrogens with one attached hydrogen (secondary N) is 2. The molecule has 0 atom stereocenters. The fourth-order valence-corrected chi connectivity index (χ4v) is 6.04. The highest BCUT2D eigenvalue weighted by Crippen LogP contribution is 2.29. The molecule has 5 rings (SSSR count). The molecule has 2 amide bonds. The van der Waals surface area contributed by atoms with Crippen molar-refractivity contribution < 1.29 is 14.6 Å². The smallest absolute Gasteiger partial charge is 0.274 e. The molecule has 1 aliphatic rings. The van der Waals surface area contributed by atoms with Crippen molar-refractivity contribution in [1.82, 2.24) is 14.5 Å². The van der Waals surface area contributed by atoms with Crippen molar-refractivity contribution in [2.75, 3.05) is 36.4 Å². The zero-order valence-corrected chi connectivity index (χ0v) is 22.9. The van der Waals surface area contributed by atoms with Gasteiger partial charge in [-0.1, -0.05) is 12.1 Å². The molecule has 0 radical (unpaired) electrons. The number of hydrogen-bond donors (Lipinski definition) is 1. The summed E-state index contributed by atoms with van der Waals surface area (Å²) in [7, 11) is 0. The molecule has 0 aliphatic carbocycles. The van der Waals surface area contributed by atoms with Crippen LogP contribution >= 0.6 is 27.3 Å². The van der Waals surface area contributed by atoms with Crippen molar-refractivity contribution in [3.05, 3.63) is 79.8 Å². The predicted molar refractivity (Wildman–Crippen MR) is 147 cm³/mol. The van der Waals surface area contributed by atoms with Gasteiger partial charge in [-0.2, -0.15) is 0 Å². The minimum Gasteiger partial charge on any atom is -0.333 e. The molecule has 1 saturated heterocycles. The molecule has 4 aromatic rings. The van der Waals surface area contributed by atoms with Gasteiger partial charge in [0.25, 0.3) is 17.3 Å². The quantitative estimate of drug-likeness (QED) is 0.390. The second-order valence-corrected chi connectivity index (χ2v) is 10.8. The van der Waals surface area contributed by atoms with E-state index in [1.54, 1.807) is 11.8 Å². The number of aryl methyl sites for hydroxylation is 2. The summed E-state index contributed by atoms with van der Waals surface area (Å²) in [4.78, 5) is 51.8. The first-order valence-electron chi connectivity index (χ1n) is 11.9. The number of fused-ring (bicyclic) bond motifs is 1. The third-order valence-corrected chi connectivity index (χ3v) is 8.32. The molecule has 0 saturated carbocycles. The number of aromatic nitrogens is 3. The van der Waals surface area contributed by atoms with Crippen LogP contribution in [0.1, 0.15) is 20.8 Å². The minimum absolute atomic E-state index is 0.0909. The van der Waals surface area contributed by atoms with Gasteiger partial charge in [0.2, 0.25) is 5.91 Å². The molecule has 4 heterocycles. The van der Waals surface area contributed by atoms with E-state index in [-0.39, 0.29) is 23.9 Å². The van der Waals surface area contributed by atoms with Crippen molar-refractivity contribution >= 4 is 60.8 Å². The number of rotatable bonds is 5. The number of aromatic amines is 1. The first-order chi connectivity index (χ1) is 17.8. The van der Waals surface area contributed by atoms with E-state index in [0.717, 1.165) is 15.9 Å². The third-order valence-electron chi connectivity index (χ3n) is 6.47. The van der Waals surface area contributed by atoms with Crippen LogP contribution < -0.4 is 20.8 Å². The molecule has 1 fully saturated rings. The number of carbonyl (C=O) groups is 2. The number of benzene rings is 1. The van der Waals surface area contributed by atoms with Crippen molar-refractivity contribution in [2.45, 2.75) is 20.4 Å². The van der Waals surface area contributed by atoms with Gasteiger partial charge in [-0.3, -0.25) is 23.9 Å². The van der Waals surface area contributed by atoms with Crippen LogP contribution in [0.2, 0.25) is 0 Å². The van der Waals surface area contributed by atoms with Crippen LogP contribution in [0.25, 0.3) is 10.2 Å². The minimum atomic E-state index is -0.319. The van der Waals surface area contributed by atoms with Crippen LogP contribution in [-0.2, 0) is 11.3 Å². The lowest BCUT2D eigenvalue weighted by Crippen LogP contribution is -2.51. The van der Waals surface area contributed by atoms with Gasteiger partial charge in [0.1, 0.15) is 24.5 Å². The van der Waals surface area contributed by atoms with Crippen molar-refractivity contribution in [1.29, 1.82) is 0 Å². The molecule has 190 valence electrons. The van der Waals surface area contributed by atoms with E-state index < -0.39 is 0 Å². The lowest BCUT2D eigenvalue weighted by molar-refractivity contribution is -0.364. The van der Waals surface area contributed by atoms with Crippen LogP contribution in [0, 0.1) is 13.8 Å². The molecular weight excluding hydrogens is 556 g/mol. The van der Waals surface area contributed by atoms with Gasteiger partial charge < -0.3 is 10.2 Å². The molecule has 0 bridgehead atoms. The zero-order valence-electron chi connectivity index (χ0n) is 20.5. The van der Waals surface area contributed by atoms with E-state index in [2.05, 4.69) is 36.1 Å². The lowest BCUT2D eigenvalue weighted by Gasteiger charge is -2.31. The van der Waals surface area contributed by atoms with E-state index in [9.17, 15) is 14.4 Å². The SMILES string of the molecule is Cc1ccc(NC(=O)c2sc3ncn(CC(=O)N4CCN(c5cccc[nH+]5)CC4)c(=O)c3c2C)c(Br)c1. The van der Waals surface area contributed by atoms with Gasteiger partial charge in [-0.15, -0.1) is 11.3 Å². The molecule has 0 unspecified atom stereocenters. The first-order valence-corrected chi connectivity index (χ1v) is 13.5. The summed E-state index contributed by atoms with van der Waals surface area (Å²) in [6.45, 7) is 6.18. The number of nitrogens with zero attached hydrogens (tertiary/aromatic N) is 4. The van der Waals surface area contributed by atoms with Crippen molar-refractivity contribution in [3.8, 4) is 0 Å². The van der Waals surface area contributed by atoms with E-state index in [0.29, 0.717) is 52.5 Å². The van der Waals surface area contributed by atoms with Crippen LogP contribution in [0.5, 0.6) is 0 Å². The molecule has 2 N–H and O–H groups in total. The molecule has 1 aliphatic heterocycles. The summed E-state index contributed by atoms with van der Waals surface area (Å²) >= 11 is 4.65. The number of carbonyl (C=O) groups excluding carboxylic acids is 2. The van der Waals surface area contributed by atoms with E-state index in [1.165, 1.54) is 22.2 Å². The Kier molecular flexibility index (Phi) is 7.07. The Morgan fingerprint density at radius 3 is 2.62 bits per heavy atom. The van der Waals surface area contributed by atoms with Crippen LogP contribution in [0.15, 0.2) is 58.2 Å². The van der Waals surface area contributed by atoms with Crippen LogP contribution in [0.3, 0.4) is 0 Å². The number of thiophene rings is 1. The second kappa shape index (κ2) is 10.4. The third kappa shape index (κ3) is 5.14. The van der Waals surface area contributed by atoms with Crippen LogP contribution in [-0.4, -0.2) is 52.4 Å². The Bertz CT molecular complexity index is 1540. The normalized spacial score (nSPS) is 13.7. The standard InChI is InChI=1S/C26H25BrN6O3S/c1-16-6-7-19(18(27)13-16)30-24(35)23-17(2)22-25(37-23)29-15-33(26(22)36)14-21(34)32-11-9-31(10-12-32)20-5-3-4-8-28-20/h3-8,13,15H,9-12,14H2,1-2H3,(H,30,35)/p+1. The Hall–Kier alpha value is -3.57. The molecule has 3 aromatic heterocycles. The maximum Gasteiger partial charge on any atom is 0.274 e. The van der Waals surface area contributed by atoms with Crippen molar-refractivity contribution in [2.24, 2.45) is 0 Å². The fraction of sp³-hybridized carbons (Fsp3) is 0.269. The van der Waals surface area contributed by atoms with Gasteiger partial charge in [-0.05, 0) is 59.1 Å². The molecule has 1 aromatic carbocycles. The zero-order chi connectivity index (χ0) is 26.1. The van der Waals surface area contributed by atoms with E-state index in [1.807, 2.05) is 49.5 Å². The number of piperazine rings is 1. The predicted octanol–water partition coefficient (Wildman–Crippen LogP) is 3.25. The maximum absolute atomic E-state index is 13.3. The summed E-state index contributed by atoms with van der Waals surface area (Å²) in [6, 6.07) is 11.6. The average molecular weight is 583 g/mol. The largest absolute Gasteiger partial charge is 0.333 e. The van der Waals surface area contributed by atoms with Gasteiger partial charge in [-0.25, -0.2) is 9.97 Å². The fourth-order valence-electron chi connectivity index (χ4n) is 4.41. The summed E-state index contributed by atoms with van der Waals surface area (Å²) in [5, 5.41) is 3.27. The van der Waals surface area contributed by atoms with Gasteiger partial charge in [0, 0.05) is 10.5 Å². The molecule has 9 nitrogen and oxygen atoms in total. The van der Waals surface area contributed by atoms with E-state index in [4.69, 9.17) is 0 Å². The number of pyridine rings is 1. The molecular formula is C26H26BrN6O3S+. The Morgan fingerprint density at radius 2 is 1.92 bits per heavy atom. The first kappa shape index (κ1) is 25.1. The van der Waals surface area contributed by atoms with Gasteiger partial charge >= 0.3 is 0 Å². The number of H-pyrrole nitrogens is 1. The van der Waals surface area contributed by atoms with Gasteiger partial charge in [0.15, 0.2) is 0 Å². The Labute approximate surface area is 225 Å². The monoisotopic (exact) mass is 581 g/mol. The van der Waals surface area contributed by atoms with Crippen LogP contribution in [0.4, 0.5) is 11.5 Å². The molecule has 0 spiro atoms. The summed E-state index contributed by atoms with van der Waals surface area (Å²) in [6.07, 6.45) is 3.28. The molecule has 37 heavy (non-hydrogen) atoms. The van der Waals surface area contributed by atoms with E-state index >= 15 is 0 Å². The maximum atomic E-state index is 13.3. The number of halogens is 1. The number of amides is 2. The highest BCUT2D eigenvalue weighted by Gasteiger charge is 2.27.